The fraction of sp³-hybridized carbons (Fsp3) is 0.143. The van der Waals surface area contributed by atoms with Gasteiger partial charge >= 0.3 is 0 Å². The lowest BCUT2D eigenvalue weighted by atomic mass is 10.5. The Labute approximate surface area is 77.5 Å². The van der Waals surface area contributed by atoms with Crippen LogP contribution in [0, 0.1) is 6.92 Å². The summed E-state index contributed by atoms with van der Waals surface area (Å²) in [6.45, 7) is 1.83. The molecule has 0 saturated heterocycles. The second-order valence-electron chi connectivity index (χ2n) is 2.52. The van der Waals surface area contributed by atoms with Gasteiger partial charge in [0.25, 0.3) is 0 Å². The van der Waals surface area contributed by atoms with Gasteiger partial charge in [0.2, 0.25) is 0 Å². The van der Waals surface area contributed by atoms with Crippen molar-refractivity contribution < 1.29 is 0 Å². The highest BCUT2D eigenvalue weighted by molar-refractivity contribution is 9.10. The van der Waals surface area contributed by atoms with Gasteiger partial charge in [-0.1, -0.05) is 0 Å². The molecule has 0 spiro atoms. The molecule has 0 aliphatic heterocycles. The van der Waals surface area contributed by atoms with E-state index in [9.17, 15) is 0 Å². The minimum atomic E-state index is 0.613. The molecule has 5 heteroatoms. The Morgan fingerprint density at radius 1 is 1.58 bits per heavy atom. The topological polar surface area (TPSA) is 56.2 Å². The smallest absolute Gasteiger partial charge is 0.146 e. The van der Waals surface area contributed by atoms with Crippen LogP contribution >= 0.6 is 15.9 Å². The molecule has 0 aromatic carbocycles. The highest BCUT2D eigenvalue weighted by atomic mass is 79.9. The number of hydrogen-bond acceptors (Lipinski definition) is 3. The van der Waals surface area contributed by atoms with Gasteiger partial charge in [-0.15, -0.1) is 0 Å². The first kappa shape index (κ1) is 7.54. The second kappa shape index (κ2) is 2.45. The van der Waals surface area contributed by atoms with Crippen LogP contribution in [0.15, 0.2) is 16.7 Å². The minimum Gasteiger partial charge on any atom is -0.384 e. The van der Waals surface area contributed by atoms with E-state index in [1.807, 2.05) is 13.0 Å². The number of aryl methyl sites for hydroxylation is 1. The first-order valence-corrected chi connectivity index (χ1v) is 4.24. The molecule has 2 aromatic heterocycles. The Balaban J connectivity index is 2.90. The van der Waals surface area contributed by atoms with Gasteiger partial charge in [-0.3, -0.25) is 0 Å². The largest absolute Gasteiger partial charge is 0.384 e. The fourth-order valence-corrected chi connectivity index (χ4v) is 1.56. The third kappa shape index (κ3) is 0.972. The van der Waals surface area contributed by atoms with Crippen molar-refractivity contribution in [2.45, 2.75) is 6.92 Å². The molecule has 0 bridgehead atoms. The Hall–Kier alpha value is -1.10. The van der Waals surface area contributed by atoms with E-state index in [1.165, 1.54) is 0 Å². The summed E-state index contributed by atoms with van der Waals surface area (Å²) in [7, 11) is 0. The van der Waals surface area contributed by atoms with E-state index in [4.69, 9.17) is 5.73 Å². The zero-order valence-electron chi connectivity index (χ0n) is 6.45. The number of rotatable bonds is 0. The standard InChI is InChI=1S/C7H7BrN4/c1-4-10-3-6-5(8)2-7(9)12(6)11-4/h2-3H,9H2,1H3. The first-order valence-electron chi connectivity index (χ1n) is 3.45. The van der Waals surface area contributed by atoms with Crippen molar-refractivity contribution in [3.63, 3.8) is 0 Å². The maximum atomic E-state index is 5.69. The van der Waals surface area contributed by atoms with Gasteiger partial charge in [0.15, 0.2) is 0 Å². The normalized spacial score (nSPS) is 10.8. The molecule has 2 aromatic rings. The molecule has 2 rings (SSSR count). The molecule has 0 amide bonds. The third-order valence-electron chi connectivity index (χ3n) is 1.61. The number of hydrogen-bond donors (Lipinski definition) is 1. The van der Waals surface area contributed by atoms with Crippen LogP contribution in [0.3, 0.4) is 0 Å². The lowest BCUT2D eigenvalue weighted by Crippen LogP contribution is -2.00. The van der Waals surface area contributed by atoms with Crippen LogP contribution < -0.4 is 5.73 Å². The van der Waals surface area contributed by atoms with E-state index in [2.05, 4.69) is 26.0 Å². The lowest BCUT2D eigenvalue weighted by molar-refractivity contribution is 0.864. The molecule has 0 fully saturated rings. The van der Waals surface area contributed by atoms with Crippen molar-refractivity contribution in [1.82, 2.24) is 14.6 Å². The molecule has 0 aliphatic rings. The van der Waals surface area contributed by atoms with E-state index < -0.39 is 0 Å². The predicted molar refractivity (Wildman–Crippen MR) is 49.8 cm³/mol. The Morgan fingerprint density at radius 3 is 3.08 bits per heavy atom. The van der Waals surface area contributed by atoms with E-state index in [-0.39, 0.29) is 0 Å². The van der Waals surface area contributed by atoms with Crippen LogP contribution in [0.5, 0.6) is 0 Å². The summed E-state index contributed by atoms with van der Waals surface area (Å²) < 4.78 is 2.58. The number of anilines is 1. The highest BCUT2D eigenvalue weighted by Crippen LogP contribution is 2.22. The monoisotopic (exact) mass is 226 g/mol. The summed E-state index contributed by atoms with van der Waals surface area (Å²) in [5.74, 6) is 1.32. The average molecular weight is 227 g/mol. The van der Waals surface area contributed by atoms with Crippen LogP contribution in [-0.2, 0) is 0 Å². The molecule has 0 atom stereocenters. The van der Waals surface area contributed by atoms with Gasteiger partial charge in [0, 0.05) is 4.47 Å². The van der Waals surface area contributed by atoms with Crippen LogP contribution in [0.25, 0.3) is 5.52 Å². The molecule has 62 valence electrons. The maximum absolute atomic E-state index is 5.69. The zero-order valence-corrected chi connectivity index (χ0v) is 8.04. The number of nitrogen functional groups attached to an aromatic ring is 1. The number of nitrogens with two attached hydrogens (primary N) is 1. The number of nitrogens with zero attached hydrogens (tertiary/aromatic N) is 3. The van der Waals surface area contributed by atoms with Gasteiger partial charge in [-0.05, 0) is 28.9 Å². The van der Waals surface area contributed by atoms with Gasteiger partial charge in [0.1, 0.15) is 11.6 Å². The lowest BCUT2D eigenvalue weighted by Gasteiger charge is -1.96. The first-order chi connectivity index (χ1) is 5.68. The van der Waals surface area contributed by atoms with E-state index in [1.54, 1.807) is 10.7 Å². The molecular formula is C7H7BrN4. The van der Waals surface area contributed by atoms with Gasteiger partial charge < -0.3 is 5.73 Å². The Morgan fingerprint density at radius 2 is 2.33 bits per heavy atom. The van der Waals surface area contributed by atoms with Crippen molar-refractivity contribution in [2.75, 3.05) is 5.73 Å². The van der Waals surface area contributed by atoms with E-state index in [0.29, 0.717) is 11.6 Å². The summed E-state index contributed by atoms with van der Waals surface area (Å²) in [4.78, 5) is 4.06. The summed E-state index contributed by atoms with van der Waals surface area (Å²) in [5.41, 5.74) is 6.58. The second-order valence-corrected chi connectivity index (χ2v) is 3.37. The summed E-state index contributed by atoms with van der Waals surface area (Å²) in [6.07, 6.45) is 1.74. The van der Waals surface area contributed by atoms with Gasteiger partial charge in [-0.25, -0.2) is 9.50 Å². The summed E-state index contributed by atoms with van der Waals surface area (Å²) in [5, 5.41) is 4.15. The number of fused-ring (bicyclic) bond motifs is 1. The predicted octanol–water partition coefficient (Wildman–Crippen LogP) is 1.38. The van der Waals surface area contributed by atoms with Gasteiger partial charge in [-0.2, -0.15) is 5.10 Å². The molecule has 4 nitrogen and oxygen atoms in total. The average Bonchev–Trinajstić information content (AvgIpc) is 2.28. The quantitative estimate of drug-likeness (QED) is 0.739. The number of aromatic nitrogens is 3. The maximum Gasteiger partial charge on any atom is 0.146 e. The van der Waals surface area contributed by atoms with Crippen molar-refractivity contribution in [2.24, 2.45) is 0 Å². The van der Waals surface area contributed by atoms with E-state index >= 15 is 0 Å². The molecule has 0 saturated carbocycles. The number of halogens is 1. The van der Waals surface area contributed by atoms with Crippen LogP contribution in [0.2, 0.25) is 0 Å². The van der Waals surface area contributed by atoms with Crippen LogP contribution in [0.1, 0.15) is 5.82 Å². The summed E-state index contributed by atoms with van der Waals surface area (Å²) in [6, 6.07) is 1.81. The van der Waals surface area contributed by atoms with E-state index in [0.717, 1.165) is 9.99 Å². The zero-order chi connectivity index (χ0) is 8.72. The Bertz CT molecular complexity index is 434. The minimum absolute atomic E-state index is 0.613. The van der Waals surface area contributed by atoms with Crippen LogP contribution in [0.4, 0.5) is 5.82 Å². The summed E-state index contributed by atoms with van der Waals surface area (Å²) >= 11 is 3.36. The molecule has 2 N–H and O–H groups in total. The van der Waals surface area contributed by atoms with Crippen molar-refractivity contribution in [3.8, 4) is 0 Å². The van der Waals surface area contributed by atoms with Gasteiger partial charge in [0.05, 0.1) is 11.7 Å². The fourth-order valence-electron chi connectivity index (χ4n) is 1.06. The van der Waals surface area contributed by atoms with Crippen LogP contribution in [-0.4, -0.2) is 14.6 Å². The molecule has 0 radical (unpaired) electrons. The van der Waals surface area contributed by atoms with Crippen molar-refractivity contribution in [3.05, 3.63) is 22.6 Å². The Kier molecular flexibility index (Phi) is 1.54. The SMILES string of the molecule is Cc1ncc2c(Br)cc(N)n2n1. The highest BCUT2D eigenvalue weighted by Gasteiger charge is 2.04. The molecule has 0 unspecified atom stereocenters. The van der Waals surface area contributed by atoms with Crippen molar-refractivity contribution >= 4 is 27.3 Å². The molecular weight excluding hydrogens is 220 g/mol. The third-order valence-corrected chi connectivity index (χ3v) is 2.25. The van der Waals surface area contributed by atoms with Crippen molar-refractivity contribution in [1.29, 1.82) is 0 Å². The molecule has 0 aliphatic carbocycles. The molecule has 2 heterocycles. The molecule has 12 heavy (non-hydrogen) atoms.